The number of hydrogen-bond acceptors (Lipinski definition) is 3. The van der Waals surface area contributed by atoms with Crippen LogP contribution in [0, 0.1) is 0 Å². The van der Waals surface area contributed by atoms with Gasteiger partial charge in [-0.2, -0.15) is 0 Å². The highest BCUT2D eigenvalue weighted by atomic mass is 16.5. The normalized spacial score (nSPS) is 31.1. The smallest absolute Gasteiger partial charge is 0.0827 e. The lowest BCUT2D eigenvalue weighted by Gasteiger charge is -2.35. The first-order valence-corrected chi connectivity index (χ1v) is 6.99. The largest absolute Gasteiger partial charge is 0.374 e. The number of nitrogens with zero attached hydrogens (tertiary/aromatic N) is 1. The lowest BCUT2D eigenvalue weighted by molar-refractivity contribution is -0.0477. The molecule has 0 saturated carbocycles. The van der Waals surface area contributed by atoms with Gasteiger partial charge in [0.05, 0.1) is 12.7 Å². The maximum atomic E-state index is 5.92. The molecule has 2 aliphatic rings. The summed E-state index contributed by atoms with van der Waals surface area (Å²) >= 11 is 0. The molecule has 2 rings (SSSR count). The van der Waals surface area contributed by atoms with E-state index in [1.807, 2.05) is 6.08 Å². The van der Waals surface area contributed by atoms with E-state index in [1.165, 1.54) is 25.8 Å². The van der Waals surface area contributed by atoms with Gasteiger partial charge in [0, 0.05) is 25.2 Å². The fourth-order valence-corrected chi connectivity index (χ4v) is 2.81. The fraction of sp³-hybridized carbons (Fsp3) is 0.857. The van der Waals surface area contributed by atoms with Gasteiger partial charge in [-0.3, -0.25) is 4.90 Å². The van der Waals surface area contributed by atoms with E-state index in [2.05, 4.69) is 23.7 Å². The average molecular weight is 238 g/mol. The molecular formula is C14H26N2O. The lowest BCUT2D eigenvalue weighted by Crippen LogP contribution is -2.50. The molecular weight excluding hydrogens is 212 g/mol. The number of morpholine rings is 1. The Labute approximate surface area is 105 Å². The molecule has 0 amide bonds. The van der Waals surface area contributed by atoms with Crippen molar-refractivity contribution in [1.82, 2.24) is 10.2 Å². The molecule has 3 nitrogen and oxygen atoms in total. The summed E-state index contributed by atoms with van der Waals surface area (Å²) in [7, 11) is 0. The SMILES string of the molecule is C=CCCC(C)NCC1CN2CCCC2CO1. The van der Waals surface area contributed by atoms with Gasteiger partial charge in [0.25, 0.3) is 0 Å². The molecule has 1 N–H and O–H groups in total. The second-order valence-electron chi connectivity index (χ2n) is 5.42. The van der Waals surface area contributed by atoms with Crippen molar-refractivity contribution in [2.24, 2.45) is 0 Å². The molecule has 0 aromatic carbocycles. The quantitative estimate of drug-likeness (QED) is 0.714. The van der Waals surface area contributed by atoms with Crippen LogP contribution in [0.15, 0.2) is 12.7 Å². The Morgan fingerprint density at radius 3 is 3.29 bits per heavy atom. The van der Waals surface area contributed by atoms with Gasteiger partial charge in [-0.05, 0) is 39.2 Å². The Balaban J connectivity index is 1.64. The number of fused-ring (bicyclic) bond motifs is 1. The predicted molar refractivity (Wildman–Crippen MR) is 71.2 cm³/mol. The van der Waals surface area contributed by atoms with Crippen molar-refractivity contribution in [1.29, 1.82) is 0 Å². The zero-order valence-electron chi connectivity index (χ0n) is 11.0. The van der Waals surface area contributed by atoms with E-state index in [0.29, 0.717) is 18.2 Å². The standard InChI is InChI=1S/C14H26N2O/c1-3-4-6-12(2)15-9-14-10-16-8-5-7-13(16)11-17-14/h3,12-15H,1,4-11H2,2H3. The van der Waals surface area contributed by atoms with Crippen molar-refractivity contribution >= 4 is 0 Å². The number of allylic oxidation sites excluding steroid dienone is 1. The minimum absolute atomic E-state index is 0.385. The molecule has 0 radical (unpaired) electrons. The molecule has 0 aliphatic carbocycles. The maximum Gasteiger partial charge on any atom is 0.0827 e. The lowest BCUT2D eigenvalue weighted by atomic mass is 10.1. The van der Waals surface area contributed by atoms with Crippen LogP contribution in [0.25, 0.3) is 0 Å². The third kappa shape index (κ3) is 3.80. The molecule has 17 heavy (non-hydrogen) atoms. The van der Waals surface area contributed by atoms with Gasteiger partial charge in [-0.15, -0.1) is 6.58 Å². The number of ether oxygens (including phenoxy) is 1. The van der Waals surface area contributed by atoms with Crippen LogP contribution in [-0.4, -0.2) is 49.3 Å². The third-order valence-corrected chi connectivity index (χ3v) is 3.96. The second-order valence-corrected chi connectivity index (χ2v) is 5.42. The molecule has 0 aromatic rings. The van der Waals surface area contributed by atoms with Crippen LogP contribution in [0.2, 0.25) is 0 Å². The van der Waals surface area contributed by atoms with Crippen LogP contribution in [0.3, 0.4) is 0 Å². The Hall–Kier alpha value is -0.380. The number of rotatable bonds is 6. The van der Waals surface area contributed by atoms with Crippen LogP contribution >= 0.6 is 0 Å². The van der Waals surface area contributed by atoms with Crippen LogP contribution in [0.5, 0.6) is 0 Å². The number of nitrogens with one attached hydrogen (secondary N) is 1. The predicted octanol–water partition coefficient (Wildman–Crippen LogP) is 1.79. The molecule has 3 unspecified atom stereocenters. The molecule has 2 fully saturated rings. The van der Waals surface area contributed by atoms with Gasteiger partial charge < -0.3 is 10.1 Å². The third-order valence-electron chi connectivity index (χ3n) is 3.96. The van der Waals surface area contributed by atoms with Crippen molar-refractivity contribution in [3.05, 3.63) is 12.7 Å². The summed E-state index contributed by atoms with van der Waals surface area (Å²) in [5, 5.41) is 3.57. The summed E-state index contributed by atoms with van der Waals surface area (Å²) in [6.07, 6.45) is 7.32. The van der Waals surface area contributed by atoms with E-state index in [0.717, 1.165) is 26.1 Å². The van der Waals surface area contributed by atoms with Crippen molar-refractivity contribution in [3.63, 3.8) is 0 Å². The molecule has 3 heteroatoms. The second kappa shape index (κ2) is 6.53. The van der Waals surface area contributed by atoms with Crippen molar-refractivity contribution in [2.45, 2.75) is 50.8 Å². The summed E-state index contributed by atoms with van der Waals surface area (Å²) in [6.45, 7) is 10.3. The van der Waals surface area contributed by atoms with E-state index in [4.69, 9.17) is 4.74 Å². The van der Waals surface area contributed by atoms with Gasteiger partial charge in [0.2, 0.25) is 0 Å². The molecule has 2 aliphatic heterocycles. The Kier molecular flexibility index (Phi) is 5.01. The highest BCUT2D eigenvalue weighted by Gasteiger charge is 2.31. The summed E-state index contributed by atoms with van der Waals surface area (Å²) < 4.78 is 5.92. The summed E-state index contributed by atoms with van der Waals surface area (Å²) in [5.41, 5.74) is 0. The fourth-order valence-electron chi connectivity index (χ4n) is 2.81. The van der Waals surface area contributed by atoms with Crippen molar-refractivity contribution < 1.29 is 4.74 Å². The first-order chi connectivity index (χ1) is 8.29. The molecule has 2 heterocycles. The van der Waals surface area contributed by atoms with Gasteiger partial charge in [-0.25, -0.2) is 0 Å². The van der Waals surface area contributed by atoms with E-state index in [9.17, 15) is 0 Å². The minimum Gasteiger partial charge on any atom is -0.374 e. The topological polar surface area (TPSA) is 24.5 Å². The highest BCUT2D eigenvalue weighted by Crippen LogP contribution is 2.22. The number of hydrogen-bond donors (Lipinski definition) is 1. The van der Waals surface area contributed by atoms with Gasteiger partial charge in [-0.1, -0.05) is 6.08 Å². The van der Waals surface area contributed by atoms with Crippen LogP contribution in [0.4, 0.5) is 0 Å². The van der Waals surface area contributed by atoms with Gasteiger partial charge in [0.15, 0.2) is 0 Å². The van der Waals surface area contributed by atoms with Crippen molar-refractivity contribution in [3.8, 4) is 0 Å². The molecule has 0 aromatic heterocycles. The minimum atomic E-state index is 0.385. The molecule has 0 spiro atoms. The maximum absolute atomic E-state index is 5.92. The van der Waals surface area contributed by atoms with E-state index in [-0.39, 0.29) is 0 Å². The first-order valence-electron chi connectivity index (χ1n) is 6.99. The monoisotopic (exact) mass is 238 g/mol. The first kappa shape index (κ1) is 13.1. The zero-order chi connectivity index (χ0) is 12.1. The summed E-state index contributed by atoms with van der Waals surface area (Å²) in [6, 6.07) is 1.28. The Morgan fingerprint density at radius 2 is 2.47 bits per heavy atom. The Bertz CT molecular complexity index is 244. The average Bonchev–Trinajstić information content (AvgIpc) is 2.81. The van der Waals surface area contributed by atoms with Crippen molar-refractivity contribution in [2.75, 3.05) is 26.2 Å². The van der Waals surface area contributed by atoms with Crippen LogP contribution in [-0.2, 0) is 4.74 Å². The van der Waals surface area contributed by atoms with Crippen LogP contribution in [0.1, 0.15) is 32.6 Å². The van der Waals surface area contributed by atoms with Gasteiger partial charge in [0.1, 0.15) is 0 Å². The summed E-state index contributed by atoms with van der Waals surface area (Å²) in [4.78, 5) is 2.60. The molecule has 0 bridgehead atoms. The highest BCUT2D eigenvalue weighted by molar-refractivity contribution is 4.86. The summed E-state index contributed by atoms with van der Waals surface area (Å²) in [5.74, 6) is 0. The zero-order valence-corrected chi connectivity index (χ0v) is 11.0. The van der Waals surface area contributed by atoms with E-state index < -0.39 is 0 Å². The molecule has 2 saturated heterocycles. The Morgan fingerprint density at radius 1 is 1.59 bits per heavy atom. The van der Waals surface area contributed by atoms with E-state index >= 15 is 0 Å². The van der Waals surface area contributed by atoms with Crippen LogP contribution < -0.4 is 5.32 Å². The molecule has 3 atom stereocenters. The van der Waals surface area contributed by atoms with E-state index in [1.54, 1.807) is 0 Å². The molecule has 98 valence electrons. The van der Waals surface area contributed by atoms with Gasteiger partial charge >= 0.3 is 0 Å².